The van der Waals surface area contributed by atoms with Crippen LogP contribution in [-0.4, -0.2) is 34.4 Å². The number of amides is 1. The molecule has 3 rings (SSSR count). The number of hydrogen-bond donors (Lipinski definition) is 3. The van der Waals surface area contributed by atoms with Crippen molar-refractivity contribution in [3.8, 4) is 16.9 Å². The minimum Gasteiger partial charge on any atom is -0.496 e. The van der Waals surface area contributed by atoms with Crippen LogP contribution in [0.4, 0.5) is 0 Å². The molecule has 2 atom stereocenters. The predicted octanol–water partition coefficient (Wildman–Crippen LogP) is 2.94. The number of aromatic amines is 1. The molecule has 0 spiro atoms. The van der Waals surface area contributed by atoms with Gasteiger partial charge in [0.05, 0.1) is 25.5 Å². The summed E-state index contributed by atoms with van der Waals surface area (Å²) >= 11 is 0. The average molecular weight is 351 g/mol. The maximum atomic E-state index is 12.6. The first-order chi connectivity index (χ1) is 12.6. The summed E-state index contributed by atoms with van der Waals surface area (Å²) < 4.78 is 5.41. The molecular weight excluding hydrogens is 330 g/mol. The van der Waals surface area contributed by atoms with Crippen molar-refractivity contribution in [2.24, 2.45) is 0 Å². The van der Waals surface area contributed by atoms with Crippen molar-refractivity contribution < 1.29 is 14.6 Å². The Kier molecular flexibility index (Phi) is 5.34. The Morgan fingerprint density at radius 1 is 1.23 bits per heavy atom. The van der Waals surface area contributed by atoms with E-state index >= 15 is 0 Å². The summed E-state index contributed by atoms with van der Waals surface area (Å²) in [6.07, 6.45) is 2.67. The van der Waals surface area contributed by atoms with Crippen molar-refractivity contribution in [1.29, 1.82) is 0 Å². The van der Waals surface area contributed by atoms with Gasteiger partial charge in [-0.2, -0.15) is 5.10 Å². The number of H-pyrrole nitrogens is 1. The van der Waals surface area contributed by atoms with Gasteiger partial charge in [0.1, 0.15) is 5.75 Å². The molecule has 0 bridgehead atoms. The van der Waals surface area contributed by atoms with E-state index in [1.807, 2.05) is 36.4 Å². The average Bonchev–Trinajstić information content (AvgIpc) is 3.22. The summed E-state index contributed by atoms with van der Waals surface area (Å²) in [5, 5.41) is 19.9. The molecule has 1 aromatic heterocycles. The van der Waals surface area contributed by atoms with Crippen LogP contribution < -0.4 is 10.1 Å². The smallest absolute Gasteiger partial charge is 0.251 e. The number of carbonyl (C=O) groups is 1. The lowest BCUT2D eigenvalue weighted by Gasteiger charge is -2.21. The highest BCUT2D eigenvalue weighted by Gasteiger charge is 2.20. The molecule has 6 heteroatoms. The van der Waals surface area contributed by atoms with Crippen LogP contribution >= 0.6 is 0 Å². The van der Waals surface area contributed by atoms with Gasteiger partial charge in [-0.1, -0.05) is 30.3 Å². The van der Waals surface area contributed by atoms with Crippen LogP contribution in [0.15, 0.2) is 60.9 Å². The zero-order valence-electron chi connectivity index (χ0n) is 14.6. The van der Waals surface area contributed by atoms with E-state index in [1.165, 1.54) is 0 Å². The van der Waals surface area contributed by atoms with Crippen LogP contribution in [0.5, 0.6) is 5.75 Å². The lowest BCUT2D eigenvalue weighted by molar-refractivity contribution is 0.0852. The Hall–Kier alpha value is -3.12. The highest BCUT2D eigenvalue weighted by molar-refractivity contribution is 5.95. The van der Waals surface area contributed by atoms with Gasteiger partial charge in [-0.3, -0.25) is 9.89 Å². The number of aliphatic hydroxyl groups excluding tert-OH is 1. The summed E-state index contributed by atoms with van der Waals surface area (Å²) in [7, 11) is 1.56. The number of nitrogens with zero attached hydrogens (tertiary/aromatic N) is 1. The molecule has 1 amide bonds. The van der Waals surface area contributed by atoms with E-state index in [4.69, 9.17) is 4.74 Å². The molecule has 0 aliphatic carbocycles. The molecular formula is C20H21N3O3. The molecule has 0 radical (unpaired) electrons. The minimum atomic E-state index is -0.785. The molecule has 3 aromatic rings. The van der Waals surface area contributed by atoms with Crippen LogP contribution in [0.3, 0.4) is 0 Å². The van der Waals surface area contributed by atoms with E-state index in [0.29, 0.717) is 11.3 Å². The first kappa shape index (κ1) is 17.7. The second kappa shape index (κ2) is 7.84. The number of rotatable bonds is 6. The zero-order chi connectivity index (χ0) is 18.5. The number of ether oxygens (including phenoxy) is 1. The fourth-order valence-electron chi connectivity index (χ4n) is 2.78. The number of benzene rings is 2. The van der Waals surface area contributed by atoms with Crippen LogP contribution in [0.1, 0.15) is 28.9 Å². The molecule has 0 unspecified atom stereocenters. The largest absolute Gasteiger partial charge is 0.496 e. The van der Waals surface area contributed by atoms with Gasteiger partial charge < -0.3 is 15.2 Å². The Labute approximate surface area is 151 Å². The standard InChI is InChI=1S/C20H21N3O3/c1-13(19(24)14-6-4-3-5-7-14)23-20(25)15-8-9-17(18(10-15)26-2)16-11-21-22-12-16/h3-13,19,24H,1-2H3,(H,21,22)(H,23,25)/t13-,19+/m1/s1. The van der Waals surface area contributed by atoms with Gasteiger partial charge in [0, 0.05) is 22.9 Å². The number of hydrogen-bond acceptors (Lipinski definition) is 4. The molecule has 0 saturated carbocycles. The van der Waals surface area contributed by atoms with Crippen LogP contribution in [0.2, 0.25) is 0 Å². The molecule has 0 fully saturated rings. The quantitative estimate of drug-likeness (QED) is 0.637. The van der Waals surface area contributed by atoms with Crippen molar-refractivity contribution in [3.05, 3.63) is 72.1 Å². The lowest BCUT2D eigenvalue weighted by Crippen LogP contribution is -2.37. The molecule has 0 saturated heterocycles. The predicted molar refractivity (Wildman–Crippen MR) is 98.9 cm³/mol. The fourth-order valence-corrected chi connectivity index (χ4v) is 2.78. The second-order valence-corrected chi connectivity index (χ2v) is 6.02. The van der Waals surface area contributed by atoms with Gasteiger partial charge in [-0.05, 0) is 30.7 Å². The third kappa shape index (κ3) is 3.75. The molecule has 134 valence electrons. The summed E-state index contributed by atoms with van der Waals surface area (Å²) in [5.41, 5.74) is 2.94. The van der Waals surface area contributed by atoms with Gasteiger partial charge in [-0.25, -0.2) is 0 Å². The summed E-state index contributed by atoms with van der Waals surface area (Å²) in [5.74, 6) is 0.305. The summed E-state index contributed by atoms with van der Waals surface area (Å²) in [6.45, 7) is 1.77. The van der Waals surface area contributed by atoms with E-state index in [9.17, 15) is 9.90 Å². The van der Waals surface area contributed by atoms with Crippen molar-refractivity contribution in [2.45, 2.75) is 19.1 Å². The third-order valence-corrected chi connectivity index (χ3v) is 4.25. The maximum Gasteiger partial charge on any atom is 0.251 e. The van der Waals surface area contributed by atoms with Crippen molar-refractivity contribution in [2.75, 3.05) is 7.11 Å². The van der Waals surface area contributed by atoms with Crippen molar-refractivity contribution in [1.82, 2.24) is 15.5 Å². The van der Waals surface area contributed by atoms with E-state index in [2.05, 4.69) is 15.5 Å². The molecule has 2 aromatic carbocycles. The monoisotopic (exact) mass is 351 g/mol. The number of carbonyl (C=O) groups excluding carboxylic acids is 1. The second-order valence-electron chi connectivity index (χ2n) is 6.02. The van der Waals surface area contributed by atoms with E-state index < -0.39 is 12.1 Å². The van der Waals surface area contributed by atoms with Crippen molar-refractivity contribution >= 4 is 5.91 Å². The summed E-state index contributed by atoms with van der Waals surface area (Å²) in [6, 6.07) is 14.0. The van der Waals surface area contributed by atoms with Gasteiger partial charge in [0.15, 0.2) is 0 Å². The minimum absolute atomic E-state index is 0.274. The van der Waals surface area contributed by atoms with E-state index in [0.717, 1.165) is 16.7 Å². The molecule has 6 nitrogen and oxygen atoms in total. The Morgan fingerprint density at radius 2 is 2.00 bits per heavy atom. The first-order valence-electron chi connectivity index (χ1n) is 8.31. The van der Waals surface area contributed by atoms with E-state index in [1.54, 1.807) is 38.6 Å². The number of nitrogens with one attached hydrogen (secondary N) is 2. The number of methoxy groups -OCH3 is 1. The van der Waals surface area contributed by atoms with Gasteiger partial charge in [0.2, 0.25) is 0 Å². The van der Waals surface area contributed by atoms with Gasteiger partial charge in [0.25, 0.3) is 5.91 Å². The summed E-state index contributed by atoms with van der Waals surface area (Å²) in [4.78, 5) is 12.6. The topological polar surface area (TPSA) is 87.2 Å². The zero-order valence-corrected chi connectivity index (χ0v) is 14.6. The maximum absolute atomic E-state index is 12.6. The molecule has 0 aliphatic rings. The lowest BCUT2D eigenvalue weighted by atomic mass is 10.0. The fraction of sp³-hybridized carbons (Fsp3) is 0.200. The van der Waals surface area contributed by atoms with Crippen LogP contribution in [-0.2, 0) is 0 Å². The van der Waals surface area contributed by atoms with Gasteiger partial charge >= 0.3 is 0 Å². The number of aliphatic hydroxyl groups is 1. The molecule has 26 heavy (non-hydrogen) atoms. The molecule has 0 aliphatic heterocycles. The Balaban J connectivity index is 1.75. The highest BCUT2D eigenvalue weighted by atomic mass is 16.5. The number of aromatic nitrogens is 2. The van der Waals surface area contributed by atoms with Crippen molar-refractivity contribution in [3.63, 3.8) is 0 Å². The Bertz CT molecular complexity index is 863. The molecule has 1 heterocycles. The molecule has 3 N–H and O–H groups in total. The van der Waals surface area contributed by atoms with Gasteiger partial charge in [-0.15, -0.1) is 0 Å². The van der Waals surface area contributed by atoms with Crippen LogP contribution in [0, 0.1) is 0 Å². The third-order valence-electron chi connectivity index (χ3n) is 4.25. The Morgan fingerprint density at radius 3 is 2.65 bits per heavy atom. The van der Waals surface area contributed by atoms with Crippen LogP contribution in [0.25, 0.3) is 11.1 Å². The normalized spacial score (nSPS) is 13.0. The highest BCUT2D eigenvalue weighted by Crippen LogP contribution is 2.30. The first-order valence-corrected chi connectivity index (χ1v) is 8.31. The SMILES string of the molecule is COc1cc(C(=O)N[C@H](C)[C@H](O)c2ccccc2)ccc1-c1cn[nH]c1. The van der Waals surface area contributed by atoms with E-state index in [-0.39, 0.29) is 5.91 Å².